The molecule has 29 heavy (non-hydrogen) atoms. The number of carbonyl (C=O) groups excluding carboxylic acids is 2. The van der Waals surface area contributed by atoms with Crippen molar-refractivity contribution in [2.45, 2.75) is 39.0 Å². The van der Waals surface area contributed by atoms with Crippen molar-refractivity contribution in [3.05, 3.63) is 51.4 Å². The highest BCUT2D eigenvalue weighted by atomic mass is 32.1. The highest BCUT2D eigenvalue weighted by Gasteiger charge is 2.30. The van der Waals surface area contributed by atoms with Crippen LogP contribution in [-0.4, -0.2) is 54.8 Å². The molecule has 2 heterocycles. The van der Waals surface area contributed by atoms with Crippen molar-refractivity contribution < 1.29 is 9.59 Å². The van der Waals surface area contributed by atoms with Gasteiger partial charge in [-0.25, -0.2) is 0 Å². The lowest BCUT2D eigenvalue weighted by molar-refractivity contribution is 0.0664. The van der Waals surface area contributed by atoms with Crippen molar-refractivity contribution >= 4 is 28.2 Å². The molecule has 5 nitrogen and oxygen atoms in total. The molecule has 0 unspecified atom stereocenters. The maximum Gasteiger partial charge on any atom is 0.257 e. The van der Waals surface area contributed by atoms with Crippen molar-refractivity contribution in [1.82, 2.24) is 9.80 Å². The molecule has 6 heteroatoms. The van der Waals surface area contributed by atoms with Gasteiger partial charge in [0.1, 0.15) is 5.00 Å². The van der Waals surface area contributed by atoms with Crippen LogP contribution in [0.5, 0.6) is 0 Å². The zero-order valence-electron chi connectivity index (χ0n) is 17.3. The van der Waals surface area contributed by atoms with Gasteiger partial charge >= 0.3 is 0 Å². The minimum Gasteiger partial charge on any atom is -0.336 e. The van der Waals surface area contributed by atoms with Crippen molar-refractivity contribution in [3.63, 3.8) is 0 Å². The Morgan fingerprint density at radius 1 is 1.03 bits per heavy atom. The van der Waals surface area contributed by atoms with Crippen LogP contribution in [0.25, 0.3) is 0 Å². The molecule has 1 N–H and O–H groups in total. The average molecular weight is 412 g/mol. The molecule has 1 saturated heterocycles. The molecular weight excluding hydrogens is 382 g/mol. The van der Waals surface area contributed by atoms with Crippen molar-refractivity contribution in [1.29, 1.82) is 0 Å². The van der Waals surface area contributed by atoms with Gasteiger partial charge in [-0.05, 0) is 57.4 Å². The summed E-state index contributed by atoms with van der Waals surface area (Å²) in [4.78, 5) is 31.9. The number of aryl methyl sites for hydroxylation is 2. The molecule has 1 aromatic carbocycles. The highest BCUT2D eigenvalue weighted by molar-refractivity contribution is 7.17. The summed E-state index contributed by atoms with van der Waals surface area (Å²) in [6, 6.07) is 7.58. The molecule has 4 rings (SSSR count). The number of rotatable bonds is 3. The third kappa shape index (κ3) is 4.38. The van der Waals surface area contributed by atoms with Crippen molar-refractivity contribution in [2.24, 2.45) is 0 Å². The highest BCUT2D eigenvalue weighted by Crippen LogP contribution is 2.38. The van der Waals surface area contributed by atoms with Gasteiger partial charge in [0.2, 0.25) is 0 Å². The standard InChI is InChI=1S/C23H29N3O2S/c1-16-7-6-8-17(15-16)21(27)24-22-20(18-9-4-3-5-10-19(18)29-22)23(28)26-13-11-25(2)12-14-26/h6-8,15H,3-5,9-14H2,1-2H3,(H,24,27). The fraction of sp³-hybridized carbons (Fsp3) is 0.478. The van der Waals surface area contributed by atoms with Crippen LogP contribution in [0.1, 0.15) is 56.0 Å². The quantitative estimate of drug-likeness (QED) is 0.778. The number of benzene rings is 1. The number of anilines is 1. The lowest BCUT2D eigenvalue weighted by Crippen LogP contribution is -2.47. The Balaban J connectivity index is 1.66. The van der Waals surface area contributed by atoms with Gasteiger partial charge in [-0.15, -0.1) is 11.3 Å². The van der Waals surface area contributed by atoms with E-state index in [1.807, 2.05) is 36.1 Å². The first-order valence-corrected chi connectivity index (χ1v) is 11.3. The van der Waals surface area contributed by atoms with Gasteiger partial charge in [0.15, 0.2) is 0 Å². The van der Waals surface area contributed by atoms with E-state index in [0.717, 1.165) is 68.0 Å². The van der Waals surface area contributed by atoms with E-state index < -0.39 is 0 Å². The maximum atomic E-state index is 13.5. The van der Waals surface area contributed by atoms with Gasteiger partial charge < -0.3 is 15.1 Å². The number of likely N-dealkylation sites (N-methyl/N-ethyl adjacent to an activating group) is 1. The van der Waals surface area contributed by atoms with Crippen LogP contribution in [0.2, 0.25) is 0 Å². The largest absolute Gasteiger partial charge is 0.336 e. The molecule has 154 valence electrons. The molecule has 0 atom stereocenters. The van der Waals surface area contributed by atoms with E-state index >= 15 is 0 Å². The third-order valence-electron chi connectivity index (χ3n) is 5.93. The predicted molar refractivity (Wildman–Crippen MR) is 118 cm³/mol. The summed E-state index contributed by atoms with van der Waals surface area (Å²) in [5, 5.41) is 3.81. The predicted octanol–water partition coefficient (Wildman–Crippen LogP) is 3.97. The van der Waals surface area contributed by atoms with E-state index in [0.29, 0.717) is 5.56 Å². The number of nitrogens with one attached hydrogen (secondary N) is 1. The SMILES string of the molecule is Cc1cccc(C(=O)Nc2sc3c(c2C(=O)N2CCN(C)CC2)CCCCC3)c1. The second kappa shape index (κ2) is 8.67. The zero-order valence-corrected chi connectivity index (χ0v) is 18.1. The molecule has 1 aliphatic carbocycles. The Kier molecular flexibility index (Phi) is 6.01. The fourth-order valence-corrected chi connectivity index (χ4v) is 5.46. The van der Waals surface area contributed by atoms with Gasteiger partial charge in [0.25, 0.3) is 11.8 Å². The van der Waals surface area contributed by atoms with Gasteiger partial charge in [0.05, 0.1) is 5.56 Å². The zero-order chi connectivity index (χ0) is 20.4. The summed E-state index contributed by atoms with van der Waals surface area (Å²) in [7, 11) is 2.09. The van der Waals surface area contributed by atoms with E-state index in [4.69, 9.17) is 0 Å². The second-order valence-electron chi connectivity index (χ2n) is 8.19. The molecule has 0 bridgehead atoms. The molecule has 0 radical (unpaired) electrons. The van der Waals surface area contributed by atoms with Gasteiger partial charge in [-0.3, -0.25) is 9.59 Å². The van der Waals surface area contributed by atoms with Crippen LogP contribution in [0, 0.1) is 6.92 Å². The number of fused-ring (bicyclic) bond motifs is 1. The molecule has 2 amide bonds. The van der Waals surface area contributed by atoms with Crippen molar-refractivity contribution in [3.8, 4) is 0 Å². The Bertz CT molecular complexity index is 913. The topological polar surface area (TPSA) is 52.7 Å². The number of hydrogen-bond acceptors (Lipinski definition) is 4. The summed E-state index contributed by atoms with van der Waals surface area (Å²) < 4.78 is 0. The average Bonchev–Trinajstić information content (AvgIpc) is 2.88. The summed E-state index contributed by atoms with van der Waals surface area (Å²) in [6.07, 6.45) is 5.40. The molecule has 0 saturated carbocycles. The summed E-state index contributed by atoms with van der Waals surface area (Å²) >= 11 is 1.61. The second-order valence-corrected chi connectivity index (χ2v) is 9.29. The summed E-state index contributed by atoms with van der Waals surface area (Å²) in [5.41, 5.74) is 3.60. The Hall–Kier alpha value is -2.18. The molecular formula is C23H29N3O2S. The van der Waals surface area contributed by atoms with Crippen LogP contribution < -0.4 is 5.32 Å². The minimum absolute atomic E-state index is 0.0806. The van der Waals surface area contributed by atoms with Gasteiger partial charge in [-0.2, -0.15) is 0 Å². The Morgan fingerprint density at radius 2 is 1.79 bits per heavy atom. The van der Waals surface area contributed by atoms with Crippen LogP contribution in [0.4, 0.5) is 5.00 Å². The monoisotopic (exact) mass is 411 g/mol. The number of thiophene rings is 1. The van der Waals surface area contributed by atoms with E-state index in [1.165, 1.54) is 16.9 Å². The number of nitrogens with zero attached hydrogens (tertiary/aromatic N) is 2. The summed E-state index contributed by atoms with van der Waals surface area (Å²) in [6.45, 7) is 5.25. The Morgan fingerprint density at radius 3 is 2.55 bits per heavy atom. The molecule has 0 spiro atoms. The number of piperazine rings is 1. The van der Waals surface area contributed by atoms with Crippen LogP contribution in [0.3, 0.4) is 0 Å². The van der Waals surface area contributed by atoms with Crippen LogP contribution in [0.15, 0.2) is 24.3 Å². The molecule has 2 aliphatic rings. The van der Waals surface area contributed by atoms with Crippen LogP contribution in [-0.2, 0) is 12.8 Å². The maximum absolute atomic E-state index is 13.5. The normalized spacial score (nSPS) is 17.5. The number of hydrogen-bond donors (Lipinski definition) is 1. The third-order valence-corrected chi connectivity index (χ3v) is 7.14. The van der Waals surface area contributed by atoms with Gasteiger partial charge in [0, 0.05) is 36.6 Å². The molecule has 1 aliphatic heterocycles. The molecule has 1 fully saturated rings. The molecule has 1 aromatic heterocycles. The van der Waals surface area contributed by atoms with Gasteiger partial charge in [-0.1, -0.05) is 24.1 Å². The van der Waals surface area contributed by atoms with E-state index in [2.05, 4.69) is 17.3 Å². The first-order chi connectivity index (χ1) is 14.0. The number of amides is 2. The smallest absolute Gasteiger partial charge is 0.257 e. The number of carbonyl (C=O) groups is 2. The minimum atomic E-state index is -0.141. The van der Waals surface area contributed by atoms with E-state index in [9.17, 15) is 9.59 Å². The lowest BCUT2D eigenvalue weighted by Gasteiger charge is -2.32. The molecule has 2 aromatic rings. The first-order valence-electron chi connectivity index (χ1n) is 10.5. The first kappa shape index (κ1) is 20.1. The summed E-state index contributed by atoms with van der Waals surface area (Å²) in [5.74, 6) is -0.0606. The van der Waals surface area contributed by atoms with E-state index in [1.54, 1.807) is 11.3 Å². The van der Waals surface area contributed by atoms with Crippen LogP contribution >= 0.6 is 11.3 Å². The fourth-order valence-electron chi connectivity index (χ4n) is 4.19. The Labute approximate surface area is 176 Å². The van der Waals surface area contributed by atoms with Crippen molar-refractivity contribution in [2.75, 3.05) is 38.5 Å². The van der Waals surface area contributed by atoms with E-state index in [-0.39, 0.29) is 11.8 Å². The lowest BCUT2D eigenvalue weighted by atomic mass is 10.0.